The molecule has 32 heavy (non-hydrogen) atoms. The van der Waals surface area contributed by atoms with E-state index >= 15 is 0 Å². The van der Waals surface area contributed by atoms with Crippen LogP contribution < -0.4 is 14.8 Å². The molecule has 3 aromatic carbocycles. The van der Waals surface area contributed by atoms with Crippen molar-refractivity contribution in [3.63, 3.8) is 0 Å². The number of benzene rings is 3. The average Bonchev–Trinajstić information content (AvgIpc) is 3.09. The molecule has 0 radical (unpaired) electrons. The molecule has 2 heterocycles. The number of hydrogen-bond donors (Lipinski definition) is 1. The quantitative estimate of drug-likeness (QED) is 0.418. The molecule has 0 atom stereocenters. The van der Waals surface area contributed by atoms with Gasteiger partial charge in [0.2, 0.25) is 5.91 Å². The summed E-state index contributed by atoms with van der Waals surface area (Å²) in [6, 6.07) is 19.1. The summed E-state index contributed by atoms with van der Waals surface area (Å²) in [5.74, 6) is 1.98. The molecule has 1 aromatic heterocycles. The van der Waals surface area contributed by atoms with Crippen LogP contribution >= 0.6 is 23.4 Å². The van der Waals surface area contributed by atoms with Crippen LogP contribution in [-0.2, 0) is 11.3 Å². The van der Waals surface area contributed by atoms with Crippen LogP contribution in [0.1, 0.15) is 5.82 Å². The van der Waals surface area contributed by atoms with Crippen molar-refractivity contribution in [1.82, 2.24) is 9.55 Å². The molecule has 0 fully saturated rings. The smallest absolute Gasteiger partial charge is 0.244 e. The van der Waals surface area contributed by atoms with Crippen molar-refractivity contribution in [1.29, 1.82) is 0 Å². The Morgan fingerprint density at radius 3 is 2.59 bits per heavy atom. The van der Waals surface area contributed by atoms with Crippen molar-refractivity contribution in [3.05, 3.63) is 71.5 Å². The highest BCUT2D eigenvalue weighted by Crippen LogP contribution is 2.36. The Hall–Kier alpha value is -3.16. The van der Waals surface area contributed by atoms with Gasteiger partial charge in [0.15, 0.2) is 11.5 Å². The van der Waals surface area contributed by atoms with E-state index in [9.17, 15) is 4.79 Å². The molecule has 1 aliphatic heterocycles. The maximum Gasteiger partial charge on any atom is 0.244 e. The van der Waals surface area contributed by atoms with E-state index in [0.29, 0.717) is 29.7 Å². The Kier molecular flexibility index (Phi) is 5.68. The van der Waals surface area contributed by atoms with Crippen molar-refractivity contribution < 1.29 is 14.3 Å². The minimum absolute atomic E-state index is 0.133. The molecular weight excluding hydrogens is 446 g/mol. The van der Waals surface area contributed by atoms with Gasteiger partial charge >= 0.3 is 0 Å². The number of nitrogens with one attached hydrogen (secondary N) is 1. The third-order valence-electron chi connectivity index (χ3n) is 5.11. The van der Waals surface area contributed by atoms with Crippen LogP contribution in [0.5, 0.6) is 11.5 Å². The number of fused-ring (bicyclic) bond motifs is 2. The highest BCUT2D eigenvalue weighted by molar-refractivity contribution is 7.99. The first kappa shape index (κ1) is 20.7. The second-order valence-electron chi connectivity index (χ2n) is 7.33. The monoisotopic (exact) mass is 465 g/mol. The van der Waals surface area contributed by atoms with Crippen molar-refractivity contribution in [2.24, 2.45) is 0 Å². The standard InChI is InChI=1S/C24H20ClN3O3S/c1-15-26-19-12-21-22(31-11-10-30-21)13-20(19)28(15)14-24(29)27-18-4-2-3-5-23(18)32-17-8-6-16(25)7-9-17/h2-9,12-13H,10-11,14H2,1H3,(H,27,29). The zero-order valence-electron chi connectivity index (χ0n) is 17.3. The second kappa shape index (κ2) is 8.76. The number of nitrogens with zero attached hydrogens (tertiary/aromatic N) is 2. The number of carbonyl (C=O) groups excluding carboxylic acids is 1. The predicted octanol–water partition coefficient (Wildman–Crippen LogP) is 5.56. The number of ether oxygens (including phenoxy) is 2. The van der Waals surface area contributed by atoms with E-state index < -0.39 is 0 Å². The molecule has 5 rings (SSSR count). The summed E-state index contributed by atoms with van der Waals surface area (Å²) in [7, 11) is 0. The number of anilines is 1. The van der Waals surface area contributed by atoms with E-state index in [-0.39, 0.29) is 12.5 Å². The van der Waals surface area contributed by atoms with Crippen LogP contribution in [0.25, 0.3) is 11.0 Å². The van der Waals surface area contributed by atoms with Crippen molar-refractivity contribution in [2.45, 2.75) is 23.3 Å². The lowest BCUT2D eigenvalue weighted by Crippen LogP contribution is -2.20. The average molecular weight is 466 g/mol. The Morgan fingerprint density at radius 2 is 1.81 bits per heavy atom. The number of hydrogen-bond acceptors (Lipinski definition) is 5. The maximum absolute atomic E-state index is 13.0. The van der Waals surface area contributed by atoms with Crippen molar-refractivity contribution in [2.75, 3.05) is 18.5 Å². The van der Waals surface area contributed by atoms with Gasteiger partial charge in [0.1, 0.15) is 25.6 Å². The molecular formula is C24H20ClN3O3S. The van der Waals surface area contributed by atoms with Gasteiger partial charge in [-0.3, -0.25) is 4.79 Å². The van der Waals surface area contributed by atoms with Crippen LogP contribution in [0.3, 0.4) is 0 Å². The van der Waals surface area contributed by atoms with Gasteiger partial charge in [-0.2, -0.15) is 0 Å². The number of imidazole rings is 1. The van der Waals surface area contributed by atoms with Crippen LogP contribution in [0.2, 0.25) is 5.02 Å². The summed E-state index contributed by atoms with van der Waals surface area (Å²) in [5, 5.41) is 3.74. The van der Waals surface area contributed by atoms with Gasteiger partial charge in [0, 0.05) is 26.9 Å². The number of aromatic nitrogens is 2. The van der Waals surface area contributed by atoms with Gasteiger partial charge in [0.25, 0.3) is 0 Å². The van der Waals surface area contributed by atoms with Crippen LogP contribution in [0.15, 0.2) is 70.5 Å². The lowest BCUT2D eigenvalue weighted by atomic mass is 10.2. The van der Waals surface area contributed by atoms with Crippen LogP contribution in [-0.4, -0.2) is 28.7 Å². The largest absolute Gasteiger partial charge is 0.486 e. The fourth-order valence-electron chi connectivity index (χ4n) is 3.60. The SMILES string of the molecule is Cc1nc2cc3c(cc2n1CC(=O)Nc1ccccc1Sc1ccc(Cl)cc1)OCCO3. The van der Waals surface area contributed by atoms with Gasteiger partial charge < -0.3 is 19.4 Å². The highest BCUT2D eigenvalue weighted by Gasteiger charge is 2.18. The lowest BCUT2D eigenvalue weighted by molar-refractivity contribution is -0.116. The molecule has 1 amide bonds. The highest BCUT2D eigenvalue weighted by atomic mass is 35.5. The molecule has 0 bridgehead atoms. The maximum atomic E-state index is 13.0. The molecule has 1 aliphatic rings. The number of halogens is 1. The molecule has 4 aromatic rings. The van der Waals surface area contributed by atoms with Gasteiger partial charge in [-0.1, -0.05) is 35.5 Å². The second-order valence-corrected chi connectivity index (χ2v) is 8.88. The minimum atomic E-state index is -0.133. The number of carbonyl (C=O) groups is 1. The zero-order chi connectivity index (χ0) is 22.1. The molecule has 6 nitrogen and oxygen atoms in total. The molecule has 0 aliphatic carbocycles. The normalized spacial score (nSPS) is 12.7. The summed E-state index contributed by atoms with van der Waals surface area (Å²) in [6.07, 6.45) is 0. The first-order valence-electron chi connectivity index (χ1n) is 10.2. The van der Waals surface area contributed by atoms with Crippen molar-refractivity contribution >= 4 is 46.0 Å². The Morgan fingerprint density at radius 1 is 1.09 bits per heavy atom. The molecule has 1 N–H and O–H groups in total. The fraction of sp³-hybridized carbons (Fsp3) is 0.167. The summed E-state index contributed by atoms with van der Waals surface area (Å²) in [5.41, 5.74) is 2.37. The molecule has 162 valence electrons. The number of aryl methyl sites for hydroxylation is 1. The van der Waals surface area contributed by atoms with E-state index in [1.54, 1.807) is 11.8 Å². The summed E-state index contributed by atoms with van der Waals surface area (Å²) in [4.78, 5) is 19.6. The van der Waals surface area contributed by atoms with Gasteiger partial charge in [-0.05, 0) is 43.3 Å². The fourth-order valence-corrected chi connectivity index (χ4v) is 4.63. The summed E-state index contributed by atoms with van der Waals surface area (Å²) < 4.78 is 13.2. The van der Waals surface area contributed by atoms with Gasteiger partial charge in [-0.15, -0.1) is 0 Å². The molecule has 8 heteroatoms. The minimum Gasteiger partial charge on any atom is -0.486 e. The first-order valence-corrected chi connectivity index (χ1v) is 11.3. The summed E-state index contributed by atoms with van der Waals surface area (Å²) in [6.45, 7) is 3.06. The third-order valence-corrected chi connectivity index (χ3v) is 6.44. The Balaban J connectivity index is 1.37. The van der Waals surface area contributed by atoms with Crippen LogP contribution in [0, 0.1) is 6.92 Å². The first-order chi connectivity index (χ1) is 15.6. The Labute approximate surface area is 194 Å². The molecule has 0 saturated heterocycles. The topological polar surface area (TPSA) is 65.4 Å². The number of rotatable bonds is 5. The van der Waals surface area contributed by atoms with E-state index in [4.69, 9.17) is 21.1 Å². The van der Waals surface area contributed by atoms with Crippen LogP contribution in [0.4, 0.5) is 5.69 Å². The van der Waals surface area contributed by atoms with Crippen molar-refractivity contribution in [3.8, 4) is 11.5 Å². The van der Waals surface area contributed by atoms with E-state index in [0.717, 1.165) is 32.3 Å². The van der Waals surface area contributed by atoms with E-state index in [1.165, 1.54) is 0 Å². The number of para-hydroxylation sites is 1. The van der Waals surface area contributed by atoms with E-state index in [2.05, 4.69) is 10.3 Å². The third kappa shape index (κ3) is 4.26. The van der Waals surface area contributed by atoms with Gasteiger partial charge in [-0.25, -0.2) is 4.98 Å². The van der Waals surface area contributed by atoms with E-state index in [1.807, 2.05) is 72.2 Å². The summed E-state index contributed by atoms with van der Waals surface area (Å²) >= 11 is 7.56. The lowest BCUT2D eigenvalue weighted by Gasteiger charge is -2.18. The molecule has 0 saturated carbocycles. The predicted molar refractivity (Wildman–Crippen MR) is 126 cm³/mol. The molecule has 0 spiro atoms. The number of amides is 1. The van der Waals surface area contributed by atoms with Gasteiger partial charge in [0.05, 0.1) is 16.7 Å². The molecule has 0 unspecified atom stereocenters. The zero-order valence-corrected chi connectivity index (χ0v) is 18.9. The Bertz CT molecular complexity index is 1300.